The molecule has 2 aliphatic rings. The predicted molar refractivity (Wildman–Crippen MR) is 92.8 cm³/mol. The molecule has 2 atom stereocenters. The summed E-state index contributed by atoms with van der Waals surface area (Å²) in [4.78, 5) is 12.2. The fraction of sp³-hybridized carbons (Fsp3) is 0.550. The number of rotatable bonds is 2. The Labute approximate surface area is 139 Å². The summed E-state index contributed by atoms with van der Waals surface area (Å²) in [7, 11) is 0. The molecule has 2 rings (SSSR count). The Morgan fingerprint density at radius 1 is 1.35 bits per heavy atom. The molecule has 0 aromatic rings. The molecule has 0 spiro atoms. The van der Waals surface area contributed by atoms with Crippen molar-refractivity contribution in [1.82, 2.24) is 0 Å². The molecule has 0 radical (unpaired) electrons. The Kier molecular flexibility index (Phi) is 5.64. The Balaban J connectivity index is 2.29. The standard InChI is InChI=1S/C20H28O3/c1-14-7-5-8-15(2)18-13-23-19(21)17(16(18)11-10-14)9-6-12-20(3,4)22/h6-7,9,12,16,18,22H,2,5,8,10-11,13H2,1,3-4H3/b12-6+,14-7-,17-9+/t16-,18+/m1/s1. The highest BCUT2D eigenvalue weighted by Crippen LogP contribution is 2.38. The first-order valence-electron chi connectivity index (χ1n) is 8.40. The molecular weight excluding hydrogens is 288 g/mol. The summed E-state index contributed by atoms with van der Waals surface area (Å²) >= 11 is 0. The minimum atomic E-state index is -0.892. The van der Waals surface area contributed by atoms with Crippen molar-refractivity contribution >= 4 is 5.97 Å². The molecule has 3 nitrogen and oxygen atoms in total. The molecule has 1 fully saturated rings. The third-order valence-corrected chi connectivity index (χ3v) is 4.63. The van der Waals surface area contributed by atoms with Crippen molar-refractivity contribution in [3.05, 3.63) is 47.6 Å². The second kappa shape index (κ2) is 7.31. The molecule has 0 aromatic carbocycles. The van der Waals surface area contributed by atoms with Gasteiger partial charge in [-0.05, 0) is 46.5 Å². The normalized spacial score (nSPS) is 31.0. The van der Waals surface area contributed by atoms with Gasteiger partial charge in [0.2, 0.25) is 0 Å². The highest BCUT2D eigenvalue weighted by atomic mass is 16.5. The van der Waals surface area contributed by atoms with E-state index >= 15 is 0 Å². The molecule has 23 heavy (non-hydrogen) atoms. The van der Waals surface area contributed by atoms with Crippen LogP contribution in [0, 0.1) is 11.8 Å². The highest BCUT2D eigenvalue weighted by molar-refractivity contribution is 5.90. The number of ether oxygens (including phenoxy) is 1. The van der Waals surface area contributed by atoms with Crippen LogP contribution in [-0.4, -0.2) is 23.3 Å². The summed E-state index contributed by atoms with van der Waals surface area (Å²) in [5, 5.41) is 9.79. The first kappa shape index (κ1) is 17.7. The topological polar surface area (TPSA) is 46.5 Å². The first-order chi connectivity index (χ1) is 10.8. The lowest BCUT2D eigenvalue weighted by atomic mass is 9.76. The zero-order valence-corrected chi connectivity index (χ0v) is 14.5. The lowest BCUT2D eigenvalue weighted by Crippen LogP contribution is -2.34. The van der Waals surface area contributed by atoms with Crippen molar-refractivity contribution in [2.45, 2.75) is 52.1 Å². The number of hydrogen-bond donors (Lipinski definition) is 1. The van der Waals surface area contributed by atoms with Crippen LogP contribution in [0.4, 0.5) is 0 Å². The van der Waals surface area contributed by atoms with Gasteiger partial charge in [0.25, 0.3) is 0 Å². The van der Waals surface area contributed by atoms with E-state index < -0.39 is 5.60 Å². The molecule has 1 saturated heterocycles. The van der Waals surface area contributed by atoms with Crippen LogP contribution >= 0.6 is 0 Å². The zero-order chi connectivity index (χ0) is 17.0. The summed E-state index contributed by atoms with van der Waals surface area (Å²) in [6.07, 6.45) is 11.4. The number of carbonyl (C=O) groups is 1. The van der Waals surface area contributed by atoms with Crippen molar-refractivity contribution in [3.8, 4) is 0 Å². The molecule has 0 saturated carbocycles. The average molecular weight is 316 g/mol. The number of esters is 1. The molecule has 1 heterocycles. The van der Waals surface area contributed by atoms with Gasteiger partial charge in [-0.25, -0.2) is 4.79 Å². The maximum absolute atomic E-state index is 12.2. The van der Waals surface area contributed by atoms with Crippen LogP contribution in [0.1, 0.15) is 46.5 Å². The van der Waals surface area contributed by atoms with Crippen LogP contribution in [-0.2, 0) is 9.53 Å². The van der Waals surface area contributed by atoms with Crippen molar-refractivity contribution in [3.63, 3.8) is 0 Å². The van der Waals surface area contributed by atoms with E-state index in [-0.39, 0.29) is 17.8 Å². The molecule has 1 aliphatic heterocycles. The van der Waals surface area contributed by atoms with E-state index in [1.165, 1.54) is 11.1 Å². The Morgan fingerprint density at radius 3 is 2.78 bits per heavy atom. The Bertz CT molecular complexity index is 558. The molecule has 0 unspecified atom stereocenters. The molecule has 1 N–H and O–H groups in total. The Hall–Kier alpha value is -1.61. The third kappa shape index (κ3) is 4.93. The summed E-state index contributed by atoms with van der Waals surface area (Å²) < 4.78 is 5.40. The minimum Gasteiger partial charge on any atom is -0.462 e. The SMILES string of the molecule is C=C1CC/C=C(/C)CC[C@@H]2/C(=C\C=C\C(C)(C)O)C(=O)OC[C@@H]12. The number of cyclic esters (lactones) is 1. The van der Waals surface area contributed by atoms with E-state index in [1.807, 2.05) is 0 Å². The van der Waals surface area contributed by atoms with E-state index in [4.69, 9.17) is 4.74 Å². The number of allylic oxidation sites excluding steroid dienone is 4. The van der Waals surface area contributed by atoms with Gasteiger partial charge in [-0.3, -0.25) is 0 Å². The van der Waals surface area contributed by atoms with Gasteiger partial charge in [0.15, 0.2) is 0 Å². The maximum atomic E-state index is 12.2. The first-order valence-corrected chi connectivity index (χ1v) is 8.40. The van der Waals surface area contributed by atoms with Crippen molar-refractivity contribution < 1.29 is 14.6 Å². The van der Waals surface area contributed by atoms with Gasteiger partial charge < -0.3 is 9.84 Å². The lowest BCUT2D eigenvalue weighted by Gasteiger charge is -2.34. The summed E-state index contributed by atoms with van der Waals surface area (Å²) in [5.41, 5.74) is 2.36. The largest absolute Gasteiger partial charge is 0.462 e. The van der Waals surface area contributed by atoms with Crippen molar-refractivity contribution in [2.24, 2.45) is 11.8 Å². The molecule has 0 aromatic heterocycles. The number of hydrogen-bond acceptors (Lipinski definition) is 3. The van der Waals surface area contributed by atoms with Gasteiger partial charge in [0.1, 0.15) is 0 Å². The maximum Gasteiger partial charge on any atom is 0.334 e. The predicted octanol–water partition coefficient (Wildman–Crippen LogP) is 4.11. The van der Waals surface area contributed by atoms with Gasteiger partial charge >= 0.3 is 5.97 Å². The minimum absolute atomic E-state index is 0.150. The molecule has 3 heteroatoms. The quantitative estimate of drug-likeness (QED) is 0.474. The molecule has 0 amide bonds. The average Bonchev–Trinajstić information content (AvgIpc) is 2.51. The fourth-order valence-corrected chi connectivity index (χ4v) is 3.25. The number of fused-ring (bicyclic) bond motifs is 1. The second-order valence-electron chi connectivity index (χ2n) is 7.23. The lowest BCUT2D eigenvalue weighted by molar-refractivity contribution is -0.144. The zero-order valence-electron chi connectivity index (χ0n) is 14.5. The smallest absolute Gasteiger partial charge is 0.334 e. The summed E-state index contributed by atoms with van der Waals surface area (Å²) in [6, 6.07) is 0. The van der Waals surface area contributed by atoms with Crippen LogP contribution in [0.15, 0.2) is 47.6 Å². The summed E-state index contributed by atoms with van der Waals surface area (Å²) in [6.45, 7) is 10.2. The molecular formula is C20H28O3. The van der Waals surface area contributed by atoms with Crippen LogP contribution in [0.5, 0.6) is 0 Å². The highest BCUT2D eigenvalue weighted by Gasteiger charge is 2.36. The van der Waals surface area contributed by atoms with Gasteiger partial charge in [0.05, 0.1) is 12.2 Å². The van der Waals surface area contributed by atoms with Crippen molar-refractivity contribution in [2.75, 3.05) is 6.61 Å². The van der Waals surface area contributed by atoms with E-state index in [0.717, 1.165) is 25.7 Å². The van der Waals surface area contributed by atoms with E-state index in [1.54, 1.807) is 32.1 Å². The van der Waals surface area contributed by atoms with Crippen LogP contribution in [0.2, 0.25) is 0 Å². The third-order valence-electron chi connectivity index (χ3n) is 4.63. The van der Waals surface area contributed by atoms with Gasteiger partial charge in [-0.2, -0.15) is 0 Å². The number of aliphatic hydroxyl groups is 1. The van der Waals surface area contributed by atoms with Gasteiger partial charge in [-0.1, -0.05) is 42.0 Å². The van der Waals surface area contributed by atoms with Crippen LogP contribution < -0.4 is 0 Å². The van der Waals surface area contributed by atoms with E-state index in [2.05, 4.69) is 19.6 Å². The fourth-order valence-electron chi connectivity index (χ4n) is 3.25. The molecule has 0 bridgehead atoms. The van der Waals surface area contributed by atoms with Gasteiger partial charge in [-0.15, -0.1) is 0 Å². The number of carbonyl (C=O) groups excluding carboxylic acids is 1. The monoisotopic (exact) mass is 316 g/mol. The van der Waals surface area contributed by atoms with E-state index in [9.17, 15) is 9.90 Å². The van der Waals surface area contributed by atoms with Gasteiger partial charge in [0, 0.05) is 17.4 Å². The van der Waals surface area contributed by atoms with Crippen LogP contribution in [0.25, 0.3) is 0 Å². The van der Waals surface area contributed by atoms with Crippen molar-refractivity contribution in [1.29, 1.82) is 0 Å². The molecule has 126 valence electrons. The second-order valence-corrected chi connectivity index (χ2v) is 7.23. The van der Waals surface area contributed by atoms with Crippen LogP contribution in [0.3, 0.4) is 0 Å². The van der Waals surface area contributed by atoms with E-state index in [0.29, 0.717) is 12.2 Å². The summed E-state index contributed by atoms with van der Waals surface area (Å²) in [5.74, 6) is 0.116. The Morgan fingerprint density at radius 2 is 2.09 bits per heavy atom. The molecule has 1 aliphatic carbocycles.